The second-order valence-electron chi connectivity index (χ2n) is 6.38. The van der Waals surface area contributed by atoms with Crippen molar-refractivity contribution in [3.05, 3.63) is 41.8 Å². The summed E-state index contributed by atoms with van der Waals surface area (Å²) in [5.41, 5.74) is -0.00869. The van der Waals surface area contributed by atoms with Gasteiger partial charge in [-0.15, -0.1) is 0 Å². The largest absolute Gasteiger partial charge is 0.390 e. The Morgan fingerprint density at radius 3 is 2.86 bits per heavy atom. The summed E-state index contributed by atoms with van der Waals surface area (Å²) in [5.74, 6) is -0.484. The van der Waals surface area contributed by atoms with E-state index in [2.05, 4.69) is 4.98 Å². The molecule has 2 aromatic rings. The van der Waals surface area contributed by atoms with Gasteiger partial charge in [0.25, 0.3) is 5.91 Å². The zero-order chi connectivity index (χ0) is 15.9. The van der Waals surface area contributed by atoms with E-state index in [4.69, 9.17) is 0 Å². The number of aliphatic hydroxyl groups is 1. The van der Waals surface area contributed by atoms with Gasteiger partial charge in [-0.1, -0.05) is 0 Å². The third kappa shape index (κ3) is 2.57. The number of hydrogen-bond donors (Lipinski definition) is 1. The van der Waals surface area contributed by atoms with Crippen molar-refractivity contribution >= 4 is 16.8 Å². The third-order valence-electron chi connectivity index (χ3n) is 4.42. The molecule has 1 amide bonds. The lowest BCUT2D eigenvalue weighted by atomic mass is 9.90. The molecule has 1 N–H and O–H groups in total. The number of carbonyl (C=O) groups is 1. The van der Waals surface area contributed by atoms with Crippen molar-refractivity contribution < 1.29 is 14.3 Å². The molecule has 5 heteroatoms. The van der Waals surface area contributed by atoms with Crippen LogP contribution < -0.4 is 0 Å². The molecule has 1 aliphatic heterocycles. The molecule has 1 fully saturated rings. The Kier molecular flexibility index (Phi) is 3.60. The first-order valence-electron chi connectivity index (χ1n) is 7.43. The van der Waals surface area contributed by atoms with Crippen LogP contribution in [0.2, 0.25) is 0 Å². The Hall–Kier alpha value is -2.01. The number of hydrogen-bond acceptors (Lipinski definition) is 3. The van der Waals surface area contributed by atoms with E-state index < -0.39 is 5.60 Å². The second-order valence-corrected chi connectivity index (χ2v) is 6.38. The average molecular weight is 302 g/mol. The van der Waals surface area contributed by atoms with Crippen LogP contribution in [0.4, 0.5) is 4.39 Å². The minimum atomic E-state index is -0.807. The maximum Gasteiger partial charge on any atom is 0.256 e. The highest BCUT2D eigenvalue weighted by molar-refractivity contribution is 6.05. The van der Waals surface area contributed by atoms with Gasteiger partial charge in [0, 0.05) is 30.6 Å². The molecule has 2 heterocycles. The molecule has 1 aromatic heterocycles. The third-order valence-corrected chi connectivity index (χ3v) is 4.42. The van der Waals surface area contributed by atoms with E-state index in [0.717, 1.165) is 6.42 Å². The van der Waals surface area contributed by atoms with Crippen LogP contribution in [-0.4, -0.2) is 39.6 Å². The van der Waals surface area contributed by atoms with Crippen molar-refractivity contribution in [3.63, 3.8) is 0 Å². The molecular weight excluding hydrogens is 283 g/mol. The molecule has 116 valence electrons. The number of amides is 1. The van der Waals surface area contributed by atoms with E-state index in [9.17, 15) is 14.3 Å². The van der Waals surface area contributed by atoms with Gasteiger partial charge >= 0.3 is 0 Å². The Morgan fingerprint density at radius 1 is 1.41 bits per heavy atom. The molecule has 4 nitrogen and oxygen atoms in total. The van der Waals surface area contributed by atoms with Crippen LogP contribution in [0.3, 0.4) is 0 Å². The minimum absolute atomic E-state index is 0.0520. The zero-order valence-electron chi connectivity index (χ0n) is 12.7. The number of fused-ring (bicyclic) bond motifs is 1. The van der Waals surface area contributed by atoms with Crippen LogP contribution in [0, 0.1) is 11.7 Å². The lowest BCUT2D eigenvalue weighted by Gasteiger charge is -2.25. The maximum absolute atomic E-state index is 13.8. The predicted molar refractivity (Wildman–Crippen MR) is 82.0 cm³/mol. The van der Waals surface area contributed by atoms with E-state index >= 15 is 0 Å². The smallest absolute Gasteiger partial charge is 0.256 e. The summed E-state index contributed by atoms with van der Waals surface area (Å²) in [6.45, 7) is 4.63. The lowest BCUT2D eigenvalue weighted by molar-refractivity contribution is 0.0211. The number of likely N-dealkylation sites (tertiary alicyclic amines) is 1. The van der Waals surface area contributed by atoms with Gasteiger partial charge in [-0.3, -0.25) is 9.78 Å². The average Bonchev–Trinajstić information content (AvgIpc) is 2.97. The minimum Gasteiger partial charge on any atom is -0.390 e. The number of carbonyl (C=O) groups excluding carboxylic acids is 1. The molecule has 0 spiro atoms. The highest BCUT2D eigenvalue weighted by atomic mass is 19.1. The van der Waals surface area contributed by atoms with E-state index in [1.165, 1.54) is 12.1 Å². The molecule has 1 saturated heterocycles. The van der Waals surface area contributed by atoms with Gasteiger partial charge in [0.1, 0.15) is 5.82 Å². The van der Waals surface area contributed by atoms with Crippen molar-refractivity contribution in [3.8, 4) is 0 Å². The molecule has 0 bridgehead atoms. The van der Waals surface area contributed by atoms with Crippen LogP contribution in [0.1, 0.15) is 30.6 Å². The summed E-state index contributed by atoms with van der Waals surface area (Å²) in [5, 5.41) is 10.4. The van der Waals surface area contributed by atoms with E-state index in [1.54, 1.807) is 37.1 Å². The Bertz CT molecular complexity index is 724. The molecule has 0 radical (unpaired) electrons. The number of nitrogens with zero attached hydrogens (tertiary/aromatic N) is 2. The van der Waals surface area contributed by atoms with Crippen molar-refractivity contribution in [2.75, 3.05) is 13.1 Å². The molecule has 3 rings (SSSR count). The van der Waals surface area contributed by atoms with Gasteiger partial charge < -0.3 is 10.0 Å². The summed E-state index contributed by atoms with van der Waals surface area (Å²) in [6, 6.07) is 6.07. The fourth-order valence-electron chi connectivity index (χ4n) is 3.00. The van der Waals surface area contributed by atoms with Crippen LogP contribution in [0.5, 0.6) is 0 Å². The molecule has 0 aliphatic carbocycles. The first-order valence-corrected chi connectivity index (χ1v) is 7.43. The van der Waals surface area contributed by atoms with Crippen molar-refractivity contribution in [1.29, 1.82) is 0 Å². The first-order chi connectivity index (χ1) is 10.4. The van der Waals surface area contributed by atoms with E-state index in [0.29, 0.717) is 29.6 Å². The lowest BCUT2D eigenvalue weighted by Crippen LogP contribution is -2.35. The van der Waals surface area contributed by atoms with Gasteiger partial charge in [-0.2, -0.15) is 0 Å². The summed E-state index contributed by atoms with van der Waals surface area (Å²) < 4.78 is 13.8. The quantitative estimate of drug-likeness (QED) is 0.928. The molecule has 1 atom stereocenters. The van der Waals surface area contributed by atoms with Crippen molar-refractivity contribution in [2.45, 2.75) is 25.9 Å². The molecule has 22 heavy (non-hydrogen) atoms. The number of rotatable bonds is 2. The predicted octanol–water partition coefficient (Wildman–Crippen LogP) is 2.61. The monoisotopic (exact) mass is 302 g/mol. The Labute approximate surface area is 128 Å². The Morgan fingerprint density at radius 2 is 2.18 bits per heavy atom. The van der Waals surface area contributed by atoms with Crippen LogP contribution >= 0.6 is 0 Å². The molecule has 0 saturated carbocycles. The fraction of sp³-hybridized carbons (Fsp3) is 0.412. The normalized spacial score (nSPS) is 18.9. The van der Waals surface area contributed by atoms with Gasteiger partial charge in [0.2, 0.25) is 0 Å². The summed E-state index contributed by atoms with van der Waals surface area (Å²) in [7, 11) is 0. The summed E-state index contributed by atoms with van der Waals surface area (Å²) >= 11 is 0. The standard InChI is InChI=1S/C17H19FN2O2/c1-17(2,22)11-7-9-20(10-11)16(21)13-5-6-14(18)12-4-3-8-19-15(12)13/h3-6,8,11,22H,7,9-10H2,1-2H3. The second kappa shape index (κ2) is 5.32. The highest BCUT2D eigenvalue weighted by Crippen LogP contribution is 2.29. The number of halogens is 1. The van der Waals surface area contributed by atoms with Crippen LogP contribution in [-0.2, 0) is 0 Å². The van der Waals surface area contributed by atoms with Gasteiger partial charge in [0.15, 0.2) is 0 Å². The topological polar surface area (TPSA) is 53.4 Å². The zero-order valence-corrected chi connectivity index (χ0v) is 12.7. The van der Waals surface area contributed by atoms with E-state index in [-0.39, 0.29) is 17.6 Å². The highest BCUT2D eigenvalue weighted by Gasteiger charge is 2.36. The first kappa shape index (κ1) is 14.9. The summed E-state index contributed by atoms with van der Waals surface area (Å²) in [6.07, 6.45) is 2.32. The number of pyridine rings is 1. The molecule has 1 unspecified atom stereocenters. The molecule has 1 aliphatic rings. The maximum atomic E-state index is 13.8. The van der Waals surface area contributed by atoms with Gasteiger partial charge in [0.05, 0.1) is 16.7 Å². The van der Waals surface area contributed by atoms with Crippen LogP contribution in [0.25, 0.3) is 10.9 Å². The summed E-state index contributed by atoms with van der Waals surface area (Å²) in [4.78, 5) is 18.6. The molecular formula is C17H19FN2O2. The number of aromatic nitrogens is 1. The van der Waals surface area contributed by atoms with Crippen LogP contribution in [0.15, 0.2) is 30.5 Å². The van der Waals surface area contributed by atoms with E-state index in [1.807, 2.05) is 0 Å². The fourth-order valence-corrected chi connectivity index (χ4v) is 3.00. The number of benzene rings is 1. The molecule has 1 aromatic carbocycles. The van der Waals surface area contributed by atoms with Gasteiger partial charge in [-0.25, -0.2) is 4.39 Å². The van der Waals surface area contributed by atoms with Gasteiger partial charge in [-0.05, 0) is 44.5 Å². The Balaban J connectivity index is 1.93. The van der Waals surface area contributed by atoms with Crippen molar-refractivity contribution in [1.82, 2.24) is 9.88 Å². The SMILES string of the molecule is CC(C)(O)C1CCN(C(=O)c2ccc(F)c3cccnc23)C1. The van der Waals surface area contributed by atoms with Crippen molar-refractivity contribution in [2.24, 2.45) is 5.92 Å².